The predicted molar refractivity (Wildman–Crippen MR) is 146 cm³/mol. The van der Waals surface area contributed by atoms with Crippen molar-refractivity contribution < 1.29 is 19.1 Å². The van der Waals surface area contributed by atoms with Crippen LogP contribution in [0.1, 0.15) is 26.3 Å². The number of ether oxygens (including phenoxy) is 1. The zero-order chi connectivity index (χ0) is 27.2. The van der Waals surface area contributed by atoms with E-state index >= 15 is 0 Å². The van der Waals surface area contributed by atoms with Gasteiger partial charge in [-0.3, -0.25) is 19.3 Å². The lowest BCUT2D eigenvalue weighted by Crippen LogP contribution is -2.50. The second kappa shape index (κ2) is 11.7. The standard InChI is InChI=1S/C29H31N5O4/c1-18(2)25(33-27(35)19(3)30-4)29(37)34-23(17-20-11-10-16-31-26(20)34)28(36)32-22-14-8-9-15-24(22)38-21-12-6-5-7-13-21/h5-16,19,23,30H,17H2,1-4H3,(H,32,36)(H,33,35)/t19-,23+/m0/s1. The molecule has 38 heavy (non-hydrogen) atoms. The first-order chi connectivity index (χ1) is 18.3. The third-order valence-corrected chi connectivity index (χ3v) is 6.25. The number of aromatic nitrogens is 1. The second-order valence-corrected chi connectivity index (χ2v) is 9.16. The van der Waals surface area contributed by atoms with Crippen LogP contribution in [-0.4, -0.2) is 41.8 Å². The molecule has 9 heteroatoms. The van der Waals surface area contributed by atoms with E-state index < -0.39 is 23.9 Å². The highest BCUT2D eigenvalue weighted by Crippen LogP contribution is 2.34. The molecule has 0 unspecified atom stereocenters. The van der Waals surface area contributed by atoms with Gasteiger partial charge in [0.15, 0.2) is 5.75 Å². The largest absolute Gasteiger partial charge is 0.455 e. The first-order valence-corrected chi connectivity index (χ1v) is 12.4. The SMILES string of the molecule is CN[C@@H](C)C(=O)NC(C(=O)N1c2ncccc2C[C@@H]1C(=O)Nc1ccccc1Oc1ccccc1)=C(C)C. The normalized spacial score (nSPS) is 14.7. The van der Waals surface area contributed by atoms with Gasteiger partial charge < -0.3 is 20.7 Å². The van der Waals surface area contributed by atoms with E-state index in [1.54, 1.807) is 58.3 Å². The maximum Gasteiger partial charge on any atom is 0.276 e. The fraction of sp³-hybridized carbons (Fsp3) is 0.241. The van der Waals surface area contributed by atoms with Crippen LogP contribution in [0.25, 0.3) is 0 Å². The van der Waals surface area contributed by atoms with E-state index in [4.69, 9.17) is 4.74 Å². The minimum atomic E-state index is -0.884. The van der Waals surface area contributed by atoms with Gasteiger partial charge in [-0.25, -0.2) is 4.98 Å². The molecule has 2 aromatic carbocycles. The fourth-order valence-electron chi connectivity index (χ4n) is 4.07. The molecule has 3 amide bonds. The van der Waals surface area contributed by atoms with Gasteiger partial charge in [0.1, 0.15) is 23.3 Å². The van der Waals surface area contributed by atoms with Crippen LogP contribution in [0.2, 0.25) is 0 Å². The molecular formula is C29H31N5O4. The maximum atomic E-state index is 13.9. The number of hydrogen-bond acceptors (Lipinski definition) is 6. The van der Waals surface area contributed by atoms with Crippen LogP contribution in [-0.2, 0) is 20.8 Å². The number of nitrogens with one attached hydrogen (secondary N) is 3. The molecule has 0 bridgehead atoms. The summed E-state index contributed by atoms with van der Waals surface area (Å²) in [6, 6.07) is 18.6. The number of para-hydroxylation sites is 3. The van der Waals surface area contributed by atoms with Gasteiger partial charge in [-0.2, -0.15) is 0 Å². The molecule has 0 aliphatic carbocycles. The second-order valence-electron chi connectivity index (χ2n) is 9.16. The van der Waals surface area contributed by atoms with Gasteiger partial charge in [-0.1, -0.05) is 36.4 Å². The molecule has 1 aliphatic heterocycles. The number of anilines is 2. The lowest BCUT2D eigenvalue weighted by Gasteiger charge is -2.26. The third-order valence-electron chi connectivity index (χ3n) is 6.25. The molecule has 196 valence electrons. The number of carbonyl (C=O) groups is 3. The number of pyridine rings is 1. The number of benzene rings is 2. The lowest BCUT2D eigenvalue weighted by molar-refractivity contribution is -0.124. The molecule has 0 saturated heterocycles. The topological polar surface area (TPSA) is 113 Å². The minimum absolute atomic E-state index is 0.112. The van der Waals surface area contributed by atoms with Crippen molar-refractivity contribution in [3.8, 4) is 11.5 Å². The summed E-state index contributed by atoms with van der Waals surface area (Å²) in [6.45, 7) is 5.17. The number of likely N-dealkylation sites (N-methyl/N-ethyl adjacent to an activating group) is 1. The number of allylic oxidation sites excluding steroid dienone is 1. The number of carbonyl (C=O) groups excluding carboxylic acids is 3. The molecule has 3 N–H and O–H groups in total. The Morgan fingerprint density at radius 3 is 2.42 bits per heavy atom. The maximum absolute atomic E-state index is 13.9. The van der Waals surface area contributed by atoms with Crippen molar-refractivity contribution in [1.29, 1.82) is 0 Å². The Bertz CT molecular complexity index is 1370. The summed E-state index contributed by atoms with van der Waals surface area (Å²) in [5.41, 5.74) is 1.95. The monoisotopic (exact) mass is 513 g/mol. The average molecular weight is 514 g/mol. The van der Waals surface area contributed by atoms with Crippen LogP contribution in [0.3, 0.4) is 0 Å². The van der Waals surface area contributed by atoms with E-state index in [9.17, 15) is 14.4 Å². The van der Waals surface area contributed by atoms with Crippen molar-refractivity contribution in [3.63, 3.8) is 0 Å². The Kier molecular flexibility index (Phi) is 8.18. The fourth-order valence-corrected chi connectivity index (χ4v) is 4.07. The van der Waals surface area contributed by atoms with Crippen LogP contribution < -0.4 is 25.6 Å². The minimum Gasteiger partial charge on any atom is -0.455 e. The molecule has 1 aromatic heterocycles. The van der Waals surface area contributed by atoms with E-state index in [1.165, 1.54) is 4.90 Å². The zero-order valence-electron chi connectivity index (χ0n) is 21.8. The Morgan fingerprint density at radius 1 is 1.00 bits per heavy atom. The van der Waals surface area contributed by atoms with Crippen LogP contribution in [0.4, 0.5) is 11.5 Å². The van der Waals surface area contributed by atoms with Gasteiger partial charge in [0.2, 0.25) is 11.8 Å². The molecule has 2 atom stereocenters. The molecule has 0 radical (unpaired) electrons. The summed E-state index contributed by atoms with van der Waals surface area (Å²) >= 11 is 0. The van der Waals surface area contributed by atoms with Gasteiger partial charge in [0.25, 0.3) is 5.91 Å². The number of amides is 3. The number of fused-ring (bicyclic) bond motifs is 1. The van der Waals surface area contributed by atoms with Crippen molar-refractivity contribution >= 4 is 29.2 Å². The van der Waals surface area contributed by atoms with Crippen molar-refractivity contribution in [3.05, 3.63) is 89.8 Å². The highest BCUT2D eigenvalue weighted by molar-refractivity contribution is 6.14. The molecule has 4 rings (SSSR count). The Hall–Kier alpha value is -4.50. The summed E-state index contributed by atoms with van der Waals surface area (Å²) in [4.78, 5) is 45.9. The van der Waals surface area contributed by atoms with Crippen molar-refractivity contribution in [1.82, 2.24) is 15.6 Å². The quantitative estimate of drug-likeness (QED) is 0.395. The van der Waals surface area contributed by atoms with Crippen LogP contribution in [0.5, 0.6) is 11.5 Å². The summed E-state index contributed by atoms with van der Waals surface area (Å²) in [6.07, 6.45) is 1.85. The molecule has 0 saturated carbocycles. The van der Waals surface area contributed by atoms with Crippen molar-refractivity contribution in [2.45, 2.75) is 39.3 Å². The van der Waals surface area contributed by atoms with Crippen LogP contribution >= 0.6 is 0 Å². The van der Waals surface area contributed by atoms with E-state index in [0.717, 1.165) is 5.56 Å². The van der Waals surface area contributed by atoms with E-state index in [2.05, 4.69) is 20.9 Å². The summed E-state index contributed by atoms with van der Waals surface area (Å²) in [7, 11) is 1.66. The van der Waals surface area contributed by atoms with Crippen LogP contribution in [0.15, 0.2) is 84.2 Å². The number of nitrogens with zero attached hydrogens (tertiary/aromatic N) is 2. The van der Waals surface area contributed by atoms with Gasteiger partial charge >= 0.3 is 0 Å². The first-order valence-electron chi connectivity index (χ1n) is 12.4. The van der Waals surface area contributed by atoms with E-state index in [1.807, 2.05) is 42.5 Å². The average Bonchev–Trinajstić information content (AvgIpc) is 3.32. The molecule has 0 fully saturated rings. The lowest BCUT2D eigenvalue weighted by atomic mass is 10.1. The number of hydrogen-bond donors (Lipinski definition) is 3. The zero-order valence-corrected chi connectivity index (χ0v) is 21.8. The molecular weight excluding hydrogens is 482 g/mol. The highest BCUT2D eigenvalue weighted by atomic mass is 16.5. The van der Waals surface area contributed by atoms with Crippen molar-refractivity contribution in [2.75, 3.05) is 17.3 Å². The van der Waals surface area contributed by atoms with Crippen LogP contribution in [0, 0.1) is 0 Å². The molecule has 1 aliphatic rings. The predicted octanol–water partition coefficient (Wildman–Crippen LogP) is 3.79. The number of rotatable bonds is 8. The van der Waals surface area contributed by atoms with Gasteiger partial charge in [-0.15, -0.1) is 0 Å². The van der Waals surface area contributed by atoms with E-state index in [0.29, 0.717) is 28.6 Å². The molecule has 3 aromatic rings. The third kappa shape index (κ3) is 5.73. The summed E-state index contributed by atoms with van der Waals surface area (Å²) < 4.78 is 5.99. The Balaban J connectivity index is 1.63. The molecule has 2 heterocycles. The Labute approximate surface area is 221 Å². The smallest absolute Gasteiger partial charge is 0.276 e. The highest BCUT2D eigenvalue weighted by Gasteiger charge is 2.41. The Morgan fingerprint density at radius 2 is 1.71 bits per heavy atom. The summed E-state index contributed by atoms with van der Waals surface area (Å²) in [5.74, 6) is 0.225. The van der Waals surface area contributed by atoms with Gasteiger partial charge in [0.05, 0.1) is 11.7 Å². The van der Waals surface area contributed by atoms with Crippen molar-refractivity contribution in [2.24, 2.45) is 0 Å². The molecule has 9 nitrogen and oxygen atoms in total. The first kappa shape index (κ1) is 26.6. The molecule has 0 spiro atoms. The summed E-state index contributed by atoms with van der Waals surface area (Å²) in [5, 5.41) is 8.52. The van der Waals surface area contributed by atoms with Gasteiger partial charge in [0, 0.05) is 12.6 Å². The van der Waals surface area contributed by atoms with Gasteiger partial charge in [-0.05, 0) is 69.3 Å². The van der Waals surface area contributed by atoms with E-state index in [-0.39, 0.29) is 18.0 Å².